The van der Waals surface area contributed by atoms with Gasteiger partial charge in [-0.05, 0) is 266 Å². The van der Waals surface area contributed by atoms with Crippen molar-refractivity contribution in [1.29, 1.82) is 21.0 Å². The molecule has 2 amide bonds. The summed E-state index contributed by atoms with van der Waals surface area (Å²) in [6, 6.07) is 57.8. The first-order valence-corrected chi connectivity index (χ1v) is 47.8. The molecule has 4 atom stereocenters. The van der Waals surface area contributed by atoms with Crippen LogP contribution in [-0.4, -0.2) is 138 Å². The maximum absolute atomic E-state index is 12.5. The summed E-state index contributed by atoms with van der Waals surface area (Å²) in [4.78, 5) is 74.0. The first-order chi connectivity index (χ1) is 63.3. The van der Waals surface area contributed by atoms with Crippen LogP contribution in [0.3, 0.4) is 0 Å². The lowest BCUT2D eigenvalue weighted by Crippen LogP contribution is -2.37. The molecule has 0 saturated carbocycles. The molecule has 1 fully saturated rings. The minimum absolute atomic E-state index is 0.00512. The molecule has 0 unspecified atom stereocenters. The third-order valence-electron chi connectivity index (χ3n) is 23.3. The zero-order valence-corrected chi connectivity index (χ0v) is 79.1. The van der Waals surface area contributed by atoms with Crippen LogP contribution < -0.4 is 40.2 Å². The van der Waals surface area contributed by atoms with Crippen LogP contribution in [0.4, 0.5) is 0 Å². The number of rotatable bonds is 28. The van der Waals surface area contributed by atoms with E-state index in [4.69, 9.17) is 23.7 Å². The van der Waals surface area contributed by atoms with Crippen LogP contribution in [0.2, 0.25) is 0 Å². The molecule has 5 heterocycles. The molecule has 4 aliphatic carbocycles. The Kier molecular flexibility index (Phi) is 31.6. The Morgan fingerprint density at radius 1 is 0.412 bits per heavy atom. The summed E-state index contributed by atoms with van der Waals surface area (Å²) < 4.78 is 27.7. The first-order valence-electron chi connectivity index (χ1n) is 44.5. The molecule has 12 aromatic rings. The predicted octanol–water partition coefficient (Wildman–Crippen LogP) is 20.3. The third kappa shape index (κ3) is 23.0. The molecule has 4 N–H and O–H groups in total. The van der Waals surface area contributed by atoms with E-state index in [1.54, 1.807) is 71.3 Å². The number of nitrogens with one attached hydrogen (secondary N) is 4. The van der Waals surface area contributed by atoms with E-state index >= 15 is 0 Å². The van der Waals surface area contributed by atoms with Crippen molar-refractivity contribution in [2.75, 3.05) is 60.5 Å². The molecule has 131 heavy (non-hydrogen) atoms. The number of aromatic nitrogens is 4. The standard InChI is InChI=1S/C28H30N4O2S.C26H28N4O2S.C25H25N3O3S.C25H25N3O2S/c1-18(2)34-25-11-8-19(14-20(25)15-29)28-31-16-26(35-28)23-7-5-6-22-21(23)9-10-24(22)30-17-27(33)32-12-3-4-13-32;1-16(2)32-23-11-8-17(12-18(23)13-27)26-29-14-24(33-26)21-7-5-6-20-19(21)9-10-22(20)28-15-25(31)30(3)4;1-15(2)31-22-10-7-16(11-17(22)12-26)25-28-13-23(32-25)20-6-4-5-19-18(20)8-9-21(19)27-14-24(29)30-3;1-15(2)30-23-10-7-17(11-18(23)12-26)25-28-14-24(31-25)21-6-4-5-20-19(21)8-9-22(20)27-13-16(3)29/h5-8,11,14,16,18,24,30H,3-4,9-10,12-13,17H2,1-2H3;5-8,11-12,14,16,22,28H,9-10,15H2,1-4H3;4-7,10-11,13,15,21,27H,8-9,14H2,1-3H3;4-7,10-11,14-15,22,27H,8-9,13H2,1-3H3/t24-;22-;21-;22-/m1000/s1. The van der Waals surface area contributed by atoms with Gasteiger partial charge in [-0.1, -0.05) is 72.8 Å². The van der Waals surface area contributed by atoms with Gasteiger partial charge in [-0.25, -0.2) is 19.9 Å². The number of carbonyl (C=O) groups excluding carboxylic acids is 4. The number of Topliss-reactive ketones (excluding diaryl/α,β-unsaturated/α-hetero) is 1. The summed E-state index contributed by atoms with van der Waals surface area (Å²) >= 11 is 6.50. The van der Waals surface area contributed by atoms with Crippen molar-refractivity contribution in [3.8, 4) is 131 Å². The lowest BCUT2D eigenvalue weighted by molar-refractivity contribution is -0.139. The van der Waals surface area contributed by atoms with Crippen LogP contribution in [0.25, 0.3) is 84.0 Å². The largest absolute Gasteiger partial charge is 0.490 e. The van der Waals surface area contributed by atoms with Crippen molar-refractivity contribution in [2.24, 2.45) is 0 Å². The minimum Gasteiger partial charge on any atom is -0.490 e. The number of amides is 2. The molecule has 8 aromatic carbocycles. The molecule has 1 saturated heterocycles. The SMILES string of the molecule is CC(=O)CN[C@H]1CCc2c(-c3cnc(-c4ccc(OC(C)C)c(C#N)c4)s3)cccc21.CC(C)Oc1ccc(-c2ncc(-c3cccc4c3CC[C@@H]4NCC(=O)N(C)C)s2)cc1C#N.CC(C)Oc1ccc(-c2ncc(-c3cccc4c3CC[C@H]4NCC(=O)N3CCCC3)s2)cc1C#N.COC(=O)CN[C@H]1CCc2c(-c3cnc(-c4ccc(OC(C)C)c(C#N)c4)s3)cccc21. The number of likely N-dealkylation sites (N-methyl/N-ethyl adjacent to an activating group) is 1. The lowest BCUT2D eigenvalue weighted by Gasteiger charge is -2.19. The van der Waals surface area contributed by atoms with Crippen molar-refractivity contribution in [3.63, 3.8) is 0 Å². The highest BCUT2D eigenvalue weighted by molar-refractivity contribution is 7.19. The maximum atomic E-state index is 12.5. The number of nitrogens with zero attached hydrogens (tertiary/aromatic N) is 10. The zero-order valence-electron chi connectivity index (χ0n) is 75.9. The molecule has 0 spiro atoms. The van der Waals surface area contributed by atoms with Crippen molar-refractivity contribution in [1.82, 2.24) is 51.0 Å². The Labute approximate surface area is 782 Å². The van der Waals surface area contributed by atoms with Gasteiger partial charge in [0.05, 0.1) is 99.5 Å². The summed E-state index contributed by atoms with van der Waals surface area (Å²) in [5.41, 5.74) is 20.8. The second-order valence-corrected chi connectivity index (χ2v) is 38.2. The Bertz CT molecular complexity index is 6330. The van der Waals surface area contributed by atoms with E-state index in [2.05, 4.69) is 138 Å². The second-order valence-electron chi connectivity index (χ2n) is 34.1. The van der Waals surface area contributed by atoms with Crippen molar-refractivity contribution in [2.45, 2.75) is 175 Å². The van der Waals surface area contributed by atoms with Gasteiger partial charge in [0.2, 0.25) is 11.8 Å². The minimum atomic E-state index is -0.261. The number of hydrogen-bond donors (Lipinski definition) is 4. The van der Waals surface area contributed by atoms with E-state index in [-0.39, 0.29) is 78.7 Å². The van der Waals surface area contributed by atoms with Crippen LogP contribution >= 0.6 is 45.3 Å². The fraction of sp³-hybridized carbons (Fsp3) is 0.346. The molecule has 0 radical (unpaired) electrons. The maximum Gasteiger partial charge on any atom is 0.319 e. The van der Waals surface area contributed by atoms with E-state index in [0.717, 1.165) is 139 Å². The fourth-order valence-electron chi connectivity index (χ4n) is 17.1. The molecule has 23 nitrogen and oxygen atoms in total. The predicted molar refractivity (Wildman–Crippen MR) is 517 cm³/mol. The number of benzene rings is 8. The highest BCUT2D eigenvalue weighted by Gasteiger charge is 2.32. The monoisotopic (exact) mass is 1820 g/mol. The van der Waals surface area contributed by atoms with Gasteiger partial charge in [-0.15, -0.1) is 45.3 Å². The van der Waals surface area contributed by atoms with Crippen LogP contribution in [-0.2, 0) is 49.6 Å². The zero-order chi connectivity index (χ0) is 92.5. The average molecular weight is 1830 g/mol. The molecular formula is C104H108N14O9S4. The number of methoxy groups -OCH3 is 1. The van der Waals surface area contributed by atoms with Gasteiger partial charge in [-0.2, -0.15) is 21.0 Å². The Morgan fingerprint density at radius 2 is 0.695 bits per heavy atom. The number of ether oxygens (including phenoxy) is 5. The van der Waals surface area contributed by atoms with Gasteiger partial charge < -0.3 is 54.8 Å². The van der Waals surface area contributed by atoms with E-state index in [0.29, 0.717) is 64.9 Å². The van der Waals surface area contributed by atoms with Crippen molar-refractivity contribution < 1.29 is 42.9 Å². The number of ketones is 1. The number of esters is 1. The quantitative estimate of drug-likeness (QED) is 0.0331. The molecular weight excluding hydrogens is 1720 g/mol. The number of hydrogen-bond acceptors (Lipinski definition) is 25. The highest BCUT2D eigenvalue weighted by atomic mass is 32.1. The van der Waals surface area contributed by atoms with E-state index in [1.165, 1.54) is 73.9 Å². The van der Waals surface area contributed by atoms with Crippen LogP contribution in [0.5, 0.6) is 23.0 Å². The van der Waals surface area contributed by atoms with E-state index < -0.39 is 0 Å². The van der Waals surface area contributed by atoms with Crippen LogP contribution in [0, 0.1) is 45.3 Å². The fourth-order valence-corrected chi connectivity index (χ4v) is 21.0. The number of carbonyl (C=O) groups is 4. The summed E-state index contributed by atoms with van der Waals surface area (Å²) in [6.07, 6.45) is 17.7. The molecule has 27 heteroatoms. The molecule has 17 rings (SSSR count). The van der Waals surface area contributed by atoms with Gasteiger partial charge in [0.1, 0.15) is 73.1 Å². The molecule has 1 aliphatic heterocycles. The number of fused-ring (bicyclic) bond motifs is 4. The molecule has 0 bridgehead atoms. The molecule has 5 aliphatic rings. The Hall–Kier alpha value is -12.6. The highest BCUT2D eigenvalue weighted by Crippen LogP contribution is 2.47. The Balaban J connectivity index is 0.000000141. The number of likely N-dealkylation sites (tertiary alicyclic amines) is 1. The molecule has 4 aromatic heterocycles. The number of thiazole rings is 4. The van der Waals surface area contributed by atoms with Gasteiger partial charge in [0, 0.05) is 98.4 Å². The van der Waals surface area contributed by atoms with Gasteiger partial charge >= 0.3 is 5.97 Å². The summed E-state index contributed by atoms with van der Waals surface area (Å²) in [6.45, 7) is 20.3. The van der Waals surface area contributed by atoms with Gasteiger partial charge in [0.15, 0.2) is 0 Å². The normalized spacial score (nSPS) is 15.4. The van der Waals surface area contributed by atoms with E-state index in [1.807, 2.05) is 158 Å². The number of nitriles is 4. The van der Waals surface area contributed by atoms with Crippen LogP contribution in [0.15, 0.2) is 170 Å². The smallest absolute Gasteiger partial charge is 0.319 e. The van der Waals surface area contributed by atoms with Crippen LogP contribution in [0.1, 0.15) is 192 Å². The summed E-state index contributed by atoms with van der Waals surface area (Å²) in [5, 5.41) is 55.3. The first kappa shape index (κ1) is 94.5. The Morgan fingerprint density at radius 3 is 0.962 bits per heavy atom. The van der Waals surface area contributed by atoms with Gasteiger partial charge in [-0.3, -0.25) is 19.2 Å². The topological polar surface area (TPSA) is 316 Å². The third-order valence-corrected chi connectivity index (χ3v) is 27.6. The van der Waals surface area contributed by atoms with Crippen molar-refractivity contribution >= 4 is 68.9 Å². The van der Waals surface area contributed by atoms with Crippen molar-refractivity contribution in [3.05, 3.63) is 237 Å². The van der Waals surface area contributed by atoms with Gasteiger partial charge in [0.25, 0.3) is 0 Å². The average Bonchev–Trinajstić information content (AvgIpc) is 1.65. The second kappa shape index (κ2) is 43.9. The summed E-state index contributed by atoms with van der Waals surface area (Å²) in [5.74, 6) is 2.57. The molecule has 672 valence electrons. The lowest BCUT2D eigenvalue weighted by atomic mass is 10.0. The van der Waals surface area contributed by atoms with E-state index in [9.17, 15) is 40.2 Å². The summed E-state index contributed by atoms with van der Waals surface area (Å²) in [7, 11) is 4.95.